The van der Waals surface area contributed by atoms with E-state index in [-0.39, 0.29) is 12.6 Å². The zero-order valence-electron chi connectivity index (χ0n) is 9.62. The number of hydrogen-bond acceptors (Lipinski definition) is 6. The van der Waals surface area contributed by atoms with Crippen molar-refractivity contribution in [2.24, 2.45) is 0 Å². The van der Waals surface area contributed by atoms with E-state index >= 15 is 0 Å². The molecule has 0 aliphatic heterocycles. The third kappa shape index (κ3) is 54.1. The average molecular weight is 241 g/mol. The minimum atomic E-state index is -1.50. The van der Waals surface area contributed by atoms with Crippen LogP contribution in [-0.2, 0) is 9.53 Å². The van der Waals surface area contributed by atoms with Crippen LogP contribution in [0, 0.1) is 10.1 Å². The van der Waals surface area contributed by atoms with Crippen molar-refractivity contribution in [3.05, 3.63) is 10.1 Å². The van der Waals surface area contributed by atoms with E-state index < -0.39 is 11.2 Å². The fourth-order valence-corrected chi connectivity index (χ4v) is 0.263. The molecule has 0 fully saturated rings. The molecule has 0 bridgehead atoms. The van der Waals surface area contributed by atoms with E-state index in [1.54, 1.807) is 13.8 Å². The van der Waals surface area contributed by atoms with Crippen LogP contribution in [0.1, 0.15) is 27.2 Å². The van der Waals surface area contributed by atoms with Crippen LogP contribution in [0.5, 0.6) is 0 Å². The quantitative estimate of drug-likeness (QED) is 0.359. The number of aliphatic hydroxyl groups excluding tert-OH is 2. The zero-order chi connectivity index (χ0) is 13.6. The van der Waals surface area contributed by atoms with Crippen LogP contribution < -0.4 is 0 Å². The topological polar surface area (TPSA) is 130 Å². The summed E-state index contributed by atoms with van der Waals surface area (Å²) in [6.45, 7) is 5.46. The van der Waals surface area contributed by atoms with Gasteiger partial charge in [-0.25, -0.2) is 0 Å². The van der Waals surface area contributed by atoms with Gasteiger partial charge >= 0.3 is 5.97 Å². The first-order valence-corrected chi connectivity index (χ1v) is 4.59. The molecule has 3 N–H and O–H groups in total. The van der Waals surface area contributed by atoms with Crippen LogP contribution >= 0.6 is 0 Å². The Kier molecular flexibility index (Phi) is 20.1. The van der Waals surface area contributed by atoms with Crippen molar-refractivity contribution in [3.63, 3.8) is 0 Å². The number of nitrogens with zero attached hydrogens (tertiary/aromatic N) is 1. The van der Waals surface area contributed by atoms with Crippen molar-refractivity contribution in [2.75, 3.05) is 13.2 Å². The lowest BCUT2D eigenvalue weighted by molar-refractivity contribution is -0.742. The van der Waals surface area contributed by atoms with E-state index in [9.17, 15) is 4.79 Å². The zero-order valence-corrected chi connectivity index (χ0v) is 9.62. The molecule has 0 rings (SSSR count). The molecule has 0 saturated heterocycles. The predicted octanol–water partition coefficient (Wildman–Crippen LogP) is -0.0287. The lowest BCUT2D eigenvalue weighted by Gasteiger charge is -1.93. The number of carbonyl (C=O) groups is 1. The molecule has 0 heterocycles. The predicted molar refractivity (Wildman–Crippen MR) is 54.5 cm³/mol. The summed E-state index contributed by atoms with van der Waals surface area (Å²) in [5, 5.41) is 29.6. The summed E-state index contributed by atoms with van der Waals surface area (Å²) in [4.78, 5) is 18.6. The maximum absolute atomic E-state index is 10.2. The van der Waals surface area contributed by atoms with E-state index in [0.29, 0.717) is 13.0 Å². The molecule has 1 atom stereocenters. The second-order valence-electron chi connectivity index (χ2n) is 2.43. The molecule has 0 aromatic rings. The van der Waals surface area contributed by atoms with Gasteiger partial charge in [0.25, 0.3) is 5.09 Å². The number of rotatable bonds is 3. The fourth-order valence-electron chi connectivity index (χ4n) is 0.263. The van der Waals surface area contributed by atoms with E-state index in [1.807, 2.05) is 0 Å². The molecule has 0 radical (unpaired) electrons. The molecule has 8 heteroatoms. The molecule has 0 spiro atoms. The first-order valence-electron chi connectivity index (χ1n) is 4.59. The van der Waals surface area contributed by atoms with Gasteiger partial charge in [0.2, 0.25) is 0 Å². The van der Waals surface area contributed by atoms with Crippen LogP contribution in [0.25, 0.3) is 0 Å². The van der Waals surface area contributed by atoms with E-state index in [1.165, 1.54) is 6.92 Å². The van der Waals surface area contributed by atoms with Crippen molar-refractivity contribution >= 4 is 5.97 Å². The fraction of sp³-hybridized carbons (Fsp3) is 0.875. The Morgan fingerprint density at radius 1 is 1.50 bits per heavy atom. The van der Waals surface area contributed by atoms with Gasteiger partial charge in [0.1, 0.15) is 0 Å². The lowest BCUT2D eigenvalue weighted by Crippen LogP contribution is -2.03. The van der Waals surface area contributed by atoms with Gasteiger partial charge in [-0.1, -0.05) is 6.92 Å². The highest BCUT2D eigenvalue weighted by molar-refractivity contribution is 5.68. The van der Waals surface area contributed by atoms with Gasteiger partial charge in [-0.05, 0) is 13.8 Å². The summed E-state index contributed by atoms with van der Waals surface area (Å²) in [5.74, 6) is -0.123. The van der Waals surface area contributed by atoms with Gasteiger partial charge in [-0.2, -0.15) is 0 Å². The van der Waals surface area contributed by atoms with E-state index in [2.05, 4.69) is 4.74 Å². The molecule has 8 nitrogen and oxygen atoms in total. The number of hydrogen-bond donors (Lipinski definition) is 3. The summed E-state index contributed by atoms with van der Waals surface area (Å²) in [7, 11) is 0. The van der Waals surface area contributed by atoms with Gasteiger partial charge in [0.15, 0.2) is 0 Å². The molecule has 1 unspecified atom stereocenters. The Hall–Kier alpha value is -1.41. The Bertz CT molecular complexity index is 168. The normalized spacial score (nSPS) is 9.81. The van der Waals surface area contributed by atoms with Gasteiger partial charge in [0.05, 0.1) is 19.3 Å². The summed E-state index contributed by atoms with van der Waals surface area (Å²) < 4.78 is 4.55. The van der Waals surface area contributed by atoms with Crippen LogP contribution in [0.2, 0.25) is 0 Å². The first kappa shape index (κ1) is 20.1. The molecule has 0 aromatic heterocycles. The SMILES string of the molecule is CC(O)CO.CCOC(=O)CC.O=[N+]([O-])O. The minimum absolute atomic E-state index is 0.123. The molecular weight excluding hydrogens is 222 g/mol. The number of aliphatic hydroxyl groups is 2. The summed E-state index contributed by atoms with van der Waals surface area (Å²) in [5.41, 5.74) is 0. The summed E-state index contributed by atoms with van der Waals surface area (Å²) >= 11 is 0. The van der Waals surface area contributed by atoms with Gasteiger partial charge in [-0.15, -0.1) is 10.1 Å². The lowest BCUT2D eigenvalue weighted by atomic mass is 10.5. The summed E-state index contributed by atoms with van der Waals surface area (Å²) in [6.07, 6.45) is -0.0802. The minimum Gasteiger partial charge on any atom is -0.466 e. The molecule has 0 aromatic carbocycles. The second-order valence-corrected chi connectivity index (χ2v) is 2.43. The smallest absolute Gasteiger partial charge is 0.305 e. The van der Waals surface area contributed by atoms with Crippen molar-refractivity contribution < 1.29 is 30.0 Å². The summed E-state index contributed by atoms with van der Waals surface area (Å²) in [6, 6.07) is 0. The molecule has 98 valence electrons. The molecule has 0 amide bonds. The molecule has 0 saturated carbocycles. The second kappa shape index (κ2) is 16.0. The highest BCUT2D eigenvalue weighted by atomic mass is 16.9. The average Bonchev–Trinajstić information content (AvgIpc) is 2.18. The number of ether oxygens (including phenoxy) is 1. The van der Waals surface area contributed by atoms with Crippen molar-refractivity contribution in [1.82, 2.24) is 0 Å². The third-order valence-corrected chi connectivity index (χ3v) is 0.858. The maximum atomic E-state index is 10.2. The number of carbonyl (C=O) groups excluding carboxylic acids is 1. The third-order valence-electron chi connectivity index (χ3n) is 0.858. The number of esters is 1. The Labute approximate surface area is 93.6 Å². The van der Waals surface area contributed by atoms with Crippen LogP contribution in [0.4, 0.5) is 0 Å². The van der Waals surface area contributed by atoms with Gasteiger partial charge in [0, 0.05) is 6.42 Å². The molecule has 0 aliphatic rings. The van der Waals surface area contributed by atoms with E-state index in [0.717, 1.165) is 0 Å². The first-order chi connectivity index (χ1) is 7.31. The van der Waals surface area contributed by atoms with Gasteiger partial charge in [-0.3, -0.25) is 4.79 Å². The highest BCUT2D eigenvalue weighted by Crippen LogP contribution is 1.80. The maximum Gasteiger partial charge on any atom is 0.305 e. The Morgan fingerprint density at radius 2 is 1.81 bits per heavy atom. The highest BCUT2D eigenvalue weighted by Gasteiger charge is 1.91. The molecule has 16 heavy (non-hydrogen) atoms. The Balaban J connectivity index is -0.000000166. The monoisotopic (exact) mass is 241 g/mol. The standard InChI is InChI=1S/C5H10O2.C3H8O2.HNO3/c1-3-5(6)7-4-2;1-3(5)2-4;2-1(3)4/h3-4H2,1-2H3;3-5H,2H2,1H3;(H,2,3,4). The van der Waals surface area contributed by atoms with Crippen LogP contribution in [0.3, 0.4) is 0 Å². The van der Waals surface area contributed by atoms with E-state index in [4.69, 9.17) is 25.5 Å². The Morgan fingerprint density at radius 3 is 1.88 bits per heavy atom. The molecular formula is C8H19NO7. The van der Waals surface area contributed by atoms with Crippen molar-refractivity contribution in [2.45, 2.75) is 33.3 Å². The molecule has 0 aliphatic carbocycles. The van der Waals surface area contributed by atoms with Crippen LogP contribution in [0.15, 0.2) is 0 Å². The van der Waals surface area contributed by atoms with Gasteiger partial charge < -0.3 is 20.2 Å². The van der Waals surface area contributed by atoms with Crippen molar-refractivity contribution in [3.8, 4) is 0 Å². The largest absolute Gasteiger partial charge is 0.466 e. The van der Waals surface area contributed by atoms with Crippen LogP contribution in [-0.4, -0.2) is 45.8 Å². The van der Waals surface area contributed by atoms with Crippen molar-refractivity contribution in [1.29, 1.82) is 0 Å².